The van der Waals surface area contributed by atoms with Crippen molar-refractivity contribution in [1.82, 2.24) is 20.2 Å². The lowest BCUT2D eigenvalue weighted by Gasteiger charge is -2.09. The molecule has 3 aromatic heterocycles. The second kappa shape index (κ2) is 9.86. The normalized spacial score (nSPS) is 12.0. The summed E-state index contributed by atoms with van der Waals surface area (Å²) >= 11 is 0. The first-order valence-electron chi connectivity index (χ1n) is 10.7. The number of aromatic nitrogens is 4. The van der Waals surface area contributed by atoms with E-state index in [-0.39, 0.29) is 0 Å². The number of rotatable bonds is 7. The lowest BCUT2D eigenvalue weighted by molar-refractivity contribution is 0.843. The molecule has 0 amide bonds. The van der Waals surface area contributed by atoms with Gasteiger partial charge >= 0.3 is 0 Å². The summed E-state index contributed by atoms with van der Waals surface area (Å²) in [6, 6.07) is 15.3. The Morgan fingerprint density at radius 3 is 2.70 bits per heavy atom. The molecule has 0 aliphatic rings. The lowest BCUT2D eigenvalue weighted by Crippen LogP contribution is -2.00. The molecule has 166 valence electrons. The molecule has 3 heterocycles. The highest BCUT2D eigenvalue weighted by Gasteiger charge is 2.07. The maximum atomic E-state index is 5.99. The second-order valence-corrected chi connectivity index (χ2v) is 7.90. The molecule has 8 nitrogen and oxygen atoms in total. The fourth-order valence-corrected chi connectivity index (χ4v) is 3.26. The quantitative estimate of drug-likeness (QED) is 0.287. The minimum Gasteiger partial charge on any atom is -0.404 e. The van der Waals surface area contributed by atoms with Crippen LogP contribution in [0.4, 0.5) is 17.3 Å². The van der Waals surface area contributed by atoms with Crippen molar-refractivity contribution in [3.05, 3.63) is 83.8 Å². The first kappa shape index (κ1) is 21.9. The maximum absolute atomic E-state index is 5.99. The van der Waals surface area contributed by atoms with Gasteiger partial charge in [-0.05, 0) is 47.4 Å². The fraction of sp³-hybridized carbons (Fsp3) is 0.160. The van der Waals surface area contributed by atoms with Crippen LogP contribution in [-0.4, -0.2) is 26.4 Å². The molecular formula is C25H26N8. The molecule has 0 radical (unpaired) electrons. The highest BCUT2D eigenvalue weighted by Crippen LogP contribution is 2.22. The zero-order chi connectivity index (χ0) is 23.2. The Labute approximate surface area is 192 Å². The van der Waals surface area contributed by atoms with Crippen LogP contribution in [0.5, 0.6) is 0 Å². The molecule has 0 fully saturated rings. The van der Waals surface area contributed by atoms with E-state index >= 15 is 0 Å². The van der Waals surface area contributed by atoms with Gasteiger partial charge in [-0.1, -0.05) is 32.0 Å². The number of benzene rings is 1. The van der Waals surface area contributed by atoms with Crippen molar-refractivity contribution in [3.63, 3.8) is 0 Å². The van der Waals surface area contributed by atoms with Crippen molar-refractivity contribution in [2.24, 2.45) is 10.7 Å². The van der Waals surface area contributed by atoms with Gasteiger partial charge in [0.25, 0.3) is 0 Å². The van der Waals surface area contributed by atoms with Gasteiger partial charge in [0.1, 0.15) is 5.82 Å². The Morgan fingerprint density at radius 1 is 1.06 bits per heavy atom. The van der Waals surface area contributed by atoms with Crippen LogP contribution in [0.15, 0.2) is 72.1 Å². The number of anilines is 3. The van der Waals surface area contributed by atoms with E-state index in [2.05, 4.69) is 39.3 Å². The van der Waals surface area contributed by atoms with Crippen LogP contribution in [0.3, 0.4) is 0 Å². The zero-order valence-electron chi connectivity index (χ0n) is 18.6. The molecule has 5 N–H and O–H groups in total. The number of nitrogens with one attached hydrogen (secondary N) is 1. The van der Waals surface area contributed by atoms with Crippen LogP contribution in [0.1, 0.15) is 36.5 Å². The average molecular weight is 439 g/mol. The summed E-state index contributed by atoms with van der Waals surface area (Å²) in [7, 11) is 0. The third-order valence-corrected chi connectivity index (χ3v) is 5.20. The molecule has 0 aliphatic carbocycles. The molecule has 33 heavy (non-hydrogen) atoms. The predicted molar refractivity (Wildman–Crippen MR) is 134 cm³/mol. The number of pyridine rings is 2. The summed E-state index contributed by atoms with van der Waals surface area (Å²) in [6.07, 6.45) is 6.77. The summed E-state index contributed by atoms with van der Waals surface area (Å²) in [5, 5.41) is 11.4. The van der Waals surface area contributed by atoms with Gasteiger partial charge in [-0.2, -0.15) is 5.10 Å². The molecule has 4 aromatic rings. The lowest BCUT2D eigenvalue weighted by atomic mass is 10.1. The molecule has 0 aliphatic heterocycles. The summed E-state index contributed by atoms with van der Waals surface area (Å²) in [6.45, 7) is 4.69. The molecule has 0 saturated carbocycles. The third kappa shape index (κ3) is 5.30. The van der Waals surface area contributed by atoms with E-state index in [4.69, 9.17) is 16.5 Å². The van der Waals surface area contributed by atoms with E-state index in [9.17, 15) is 0 Å². The summed E-state index contributed by atoms with van der Waals surface area (Å²) < 4.78 is 0. The topological polar surface area (TPSA) is 128 Å². The SMILES string of the molecule is CC(C)c1cnnc(Nc2ccc3ncc(C(C=NCc4ccccc4N)=CN)cc3n2)c1. The highest BCUT2D eigenvalue weighted by molar-refractivity contribution is 6.10. The number of aliphatic imine (C=N–C) groups is 1. The molecule has 0 saturated heterocycles. The molecule has 0 unspecified atom stereocenters. The predicted octanol–water partition coefficient (Wildman–Crippen LogP) is 4.44. The van der Waals surface area contributed by atoms with E-state index in [1.165, 1.54) is 6.20 Å². The van der Waals surface area contributed by atoms with Gasteiger partial charge in [0.2, 0.25) is 0 Å². The van der Waals surface area contributed by atoms with E-state index in [0.29, 0.717) is 29.8 Å². The number of hydrogen-bond donors (Lipinski definition) is 3. The largest absolute Gasteiger partial charge is 0.404 e. The van der Waals surface area contributed by atoms with Crippen LogP contribution in [-0.2, 0) is 6.54 Å². The number of allylic oxidation sites excluding steroid dienone is 1. The minimum absolute atomic E-state index is 0.360. The van der Waals surface area contributed by atoms with Crippen LogP contribution >= 0.6 is 0 Å². The Bertz CT molecular complexity index is 1330. The average Bonchev–Trinajstić information content (AvgIpc) is 2.82. The van der Waals surface area contributed by atoms with Gasteiger partial charge in [-0.25, -0.2) is 4.98 Å². The smallest absolute Gasteiger partial charge is 0.154 e. The van der Waals surface area contributed by atoms with E-state index < -0.39 is 0 Å². The summed E-state index contributed by atoms with van der Waals surface area (Å²) in [5.41, 5.74) is 17.7. The van der Waals surface area contributed by atoms with Crippen LogP contribution in [0.25, 0.3) is 16.6 Å². The van der Waals surface area contributed by atoms with Crippen LogP contribution in [0.2, 0.25) is 0 Å². The second-order valence-electron chi connectivity index (χ2n) is 7.90. The number of nitrogens with zero attached hydrogens (tertiary/aromatic N) is 5. The standard InChI is InChI=1S/C25H26N8/c1-16(2)18-10-25(33-30-15-18)32-24-8-7-22-23(31-24)9-19(14-29-22)20(11-26)13-28-12-17-5-3-4-6-21(17)27/h3-11,13-16H,12,26-27H2,1-2H3,(H,31,32,33). The van der Waals surface area contributed by atoms with Gasteiger partial charge in [-0.15, -0.1) is 5.10 Å². The van der Waals surface area contributed by atoms with Gasteiger partial charge in [0.15, 0.2) is 5.82 Å². The first-order chi connectivity index (χ1) is 16.0. The van der Waals surface area contributed by atoms with Gasteiger partial charge < -0.3 is 16.8 Å². The molecule has 4 rings (SSSR count). The van der Waals surface area contributed by atoms with E-state index in [0.717, 1.165) is 33.3 Å². The number of hydrogen-bond acceptors (Lipinski definition) is 8. The first-order valence-corrected chi connectivity index (χ1v) is 10.7. The maximum Gasteiger partial charge on any atom is 0.154 e. The fourth-order valence-electron chi connectivity index (χ4n) is 3.26. The van der Waals surface area contributed by atoms with Gasteiger partial charge in [0, 0.05) is 35.4 Å². The Hall–Kier alpha value is -4.33. The van der Waals surface area contributed by atoms with E-state index in [1.54, 1.807) is 18.6 Å². The number of fused-ring (bicyclic) bond motifs is 1. The van der Waals surface area contributed by atoms with Crippen molar-refractivity contribution < 1.29 is 0 Å². The highest BCUT2D eigenvalue weighted by atomic mass is 15.2. The summed E-state index contributed by atoms with van der Waals surface area (Å²) in [5.74, 6) is 1.66. The molecular weight excluding hydrogens is 412 g/mol. The number of para-hydroxylation sites is 1. The van der Waals surface area contributed by atoms with Crippen molar-refractivity contribution in [2.75, 3.05) is 11.1 Å². The minimum atomic E-state index is 0.360. The van der Waals surface area contributed by atoms with Crippen molar-refractivity contribution in [2.45, 2.75) is 26.3 Å². The zero-order valence-corrected chi connectivity index (χ0v) is 18.6. The molecule has 0 atom stereocenters. The van der Waals surface area contributed by atoms with Crippen molar-refractivity contribution in [3.8, 4) is 0 Å². The number of nitrogen functional groups attached to an aromatic ring is 1. The van der Waals surface area contributed by atoms with Gasteiger partial charge in [-0.3, -0.25) is 9.98 Å². The van der Waals surface area contributed by atoms with E-state index in [1.807, 2.05) is 48.5 Å². The molecule has 0 spiro atoms. The van der Waals surface area contributed by atoms with Crippen LogP contribution in [0, 0.1) is 0 Å². The molecule has 8 heteroatoms. The van der Waals surface area contributed by atoms with Crippen molar-refractivity contribution >= 4 is 40.1 Å². The van der Waals surface area contributed by atoms with Crippen molar-refractivity contribution in [1.29, 1.82) is 0 Å². The molecule has 1 aromatic carbocycles. The van der Waals surface area contributed by atoms with Crippen LogP contribution < -0.4 is 16.8 Å². The Morgan fingerprint density at radius 2 is 1.91 bits per heavy atom. The summed E-state index contributed by atoms with van der Waals surface area (Å²) in [4.78, 5) is 13.7. The molecule has 0 bridgehead atoms. The number of nitrogens with two attached hydrogens (primary N) is 2. The Balaban J connectivity index is 1.55. The Kier molecular flexibility index (Phi) is 6.54. The monoisotopic (exact) mass is 438 g/mol. The third-order valence-electron chi connectivity index (χ3n) is 5.20. The van der Waals surface area contributed by atoms with Gasteiger partial charge in [0.05, 0.1) is 23.8 Å².